The van der Waals surface area contributed by atoms with Crippen molar-refractivity contribution in [2.45, 2.75) is 6.04 Å². The monoisotopic (exact) mass is 358 g/mol. The van der Waals surface area contributed by atoms with Crippen molar-refractivity contribution >= 4 is 16.8 Å². The lowest BCUT2D eigenvalue weighted by atomic mass is 10.0. The Kier molecular flexibility index (Phi) is 4.30. The van der Waals surface area contributed by atoms with E-state index in [0.29, 0.717) is 22.3 Å². The summed E-state index contributed by atoms with van der Waals surface area (Å²) in [5.41, 5.74) is 1.56. The number of aryl methyl sites for hydroxylation is 1. The minimum Gasteiger partial charge on any atom is -0.338 e. The van der Waals surface area contributed by atoms with Crippen molar-refractivity contribution in [2.75, 3.05) is 0 Å². The SMILES string of the molecule is Cn1ccnc1[C@H](NC(=O)c1cc(=O)[nH]c2ccccc12)c1ccccc1. The fraction of sp³-hybridized carbons (Fsp3) is 0.0952. The third-order valence-electron chi connectivity index (χ3n) is 4.52. The van der Waals surface area contributed by atoms with Gasteiger partial charge in [-0.1, -0.05) is 48.5 Å². The van der Waals surface area contributed by atoms with E-state index in [1.807, 2.05) is 66.3 Å². The van der Waals surface area contributed by atoms with Crippen molar-refractivity contribution in [1.29, 1.82) is 0 Å². The zero-order chi connectivity index (χ0) is 18.8. The summed E-state index contributed by atoms with van der Waals surface area (Å²) < 4.78 is 1.87. The quantitative estimate of drug-likeness (QED) is 0.589. The number of carbonyl (C=O) groups excluding carboxylic acids is 1. The van der Waals surface area contributed by atoms with E-state index in [4.69, 9.17) is 0 Å². The van der Waals surface area contributed by atoms with Gasteiger partial charge in [0.1, 0.15) is 11.9 Å². The van der Waals surface area contributed by atoms with Crippen molar-refractivity contribution in [3.05, 3.63) is 100 Å². The highest BCUT2D eigenvalue weighted by Crippen LogP contribution is 2.22. The molecule has 6 nitrogen and oxygen atoms in total. The summed E-state index contributed by atoms with van der Waals surface area (Å²) >= 11 is 0. The van der Waals surface area contributed by atoms with Crippen LogP contribution in [0.5, 0.6) is 0 Å². The largest absolute Gasteiger partial charge is 0.338 e. The molecule has 0 radical (unpaired) electrons. The molecule has 0 unspecified atom stereocenters. The van der Waals surface area contributed by atoms with Gasteiger partial charge in [0.25, 0.3) is 5.91 Å². The zero-order valence-corrected chi connectivity index (χ0v) is 14.7. The first-order chi connectivity index (χ1) is 13.1. The van der Waals surface area contributed by atoms with E-state index >= 15 is 0 Å². The van der Waals surface area contributed by atoms with Gasteiger partial charge in [-0.25, -0.2) is 4.98 Å². The highest BCUT2D eigenvalue weighted by molar-refractivity contribution is 6.06. The summed E-state index contributed by atoms with van der Waals surface area (Å²) in [5, 5.41) is 3.73. The molecule has 4 aromatic rings. The first kappa shape index (κ1) is 16.8. The van der Waals surface area contributed by atoms with Gasteiger partial charge < -0.3 is 14.9 Å². The van der Waals surface area contributed by atoms with Crippen LogP contribution >= 0.6 is 0 Å². The number of nitrogens with one attached hydrogen (secondary N) is 2. The Morgan fingerprint density at radius 2 is 1.85 bits per heavy atom. The van der Waals surface area contributed by atoms with Crippen LogP contribution in [0, 0.1) is 0 Å². The second-order valence-electron chi connectivity index (χ2n) is 6.31. The maximum atomic E-state index is 13.1. The van der Waals surface area contributed by atoms with E-state index < -0.39 is 6.04 Å². The number of carbonyl (C=O) groups is 1. The lowest BCUT2D eigenvalue weighted by Gasteiger charge is -2.19. The molecule has 0 saturated carbocycles. The van der Waals surface area contributed by atoms with Crippen molar-refractivity contribution in [3.63, 3.8) is 0 Å². The van der Waals surface area contributed by atoms with Crippen molar-refractivity contribution in [1.82, 2.24) is 19.9 Å². The number of aromatic amines is 1. The summed E-state index contributed by atoms with van der Waals surface area (Å²) in [6, 6.07) is 17.8. The minimum atomic E-state index is -0.434. The smallest absolute Gasteiger partial charge is 0.253 e. The van der Waals surface area contributed by atoms with Gasteiger partial charge in [0.05, 0.1) is 5.56 Å². The first-order valence-corrected chi connectivity index (χ1v) is 8.58. The van der Waals surface area contributed by atoms with E-state index in [-0.39, 0.29) is 11.5 Å². The zero-order valence-electron chi connectivity index (χ0n) is 14.7. The normalized spacial score (nSPS) is 12.0. The van der Waals surface area contributed by atoms with Crippen LogP contribution in [0.3, 0.4) is 0 Å². The number of nitrogens with zero attached hydrogens (tertiary/aromatic N) is 2. The van der Waals surface area contributed by atoms with Crippen LogP contribution in [-0.4, -0.2) is 20.4 Å². The van der Waals surface area contributed by atoms with Crippen LogP contribution in [-0.2, 0) is 7.05 Å². The van der Waals surface area contributed by atoms with Gasteiger partial charge in [-0.15, -0.1) is 0 Å². The Balaban J connectivity index is 1.78. The molecule has 6 heteroatoms. The molecule has 0 spiro atoms. The van der Waals surface area contributed by atoms with Gasteiger partial charge in [0, 0.05) is 36.4 Å². The van der Waals surface area contributed by atoms with Gasteiger partial charge >= 0.3 is 0 Å². The molecule has 2 aromatic heterocycles. The molecule has 0 aliphatic rings. The third kappa shape index (κ3) is 3.25. The molecule has 4 rings (SSSR count). The van der Waals surface area contributed by atoms with Crippen LogP contribution < -0.4 is 10.9 Å². The average Bonchev–Trinajstić information content (AvgIpc) is 3.11. The number of imidazole rings is 1. The maximum Gasteiger partial charge on any atom is 0.253 e. The number of pyridine rings is 1. The Morgan fingerprint density at radius 3 is 2.59 bits per heavy atom. The van der Waals surface area contributed by atoms with Crippen LogP contribution in [0.4, 0.5) is 0 Å². The van der Waals surface area contributed by atoms with E-state index in [1.54, 1.807) is 12.3 Å². The minimum absolute atomic E-state index is 0.313. The number of benzene rings is 2. The lowest BCUT2D eigenvalue weighted by molar-refractivity contribution is 0.0942. The van der Waals surface area contributed by atoms with Crippen LogP contribution in [0.1, 0.15) is 27.8 Å². The fourth-order valence-corrected chi connectivity index (χ4v) is 3.20. The van der Waals surface area contributed by atoms with E-state index in [0.717, 1.165) is 5.56 Å². The number of hydrogen-bond donors (Lipinski definition) is 2. The summed E-state index contributed by atoms with van der Waals surface area (Å²) in [4.78, 5) is 32.2. The van der Waals surface area contributed by atoms with Crippen molar-refractivity contribution in [2.24, 2.45) is 7.05 Å². The molecule has 134 valence electrons. The number of rotatable bonds is 4. The van der Waals surface area contributed by atoms with Crippen molar-refractivity contribution < 1.29 is 4.79 Å². The fourth-order valence-electron chi connectivity index (χ4n) is 3.20. The van der Waals surface area contributed by atoms with E-state index in [9.17, 15) is 9.59 Å². The standard InChI is InChI=1S/C21H18N4O2/c1-25-12-11-22-20(25)19(14-7-3-2-4-8-14)24-21(27)16-13-18(26)23-17-10-6-5-9-15(16)17/h2-13,19H,1H3,(H,23,26)(H,24,27)/t19-/m1/s1. The average molecular weight is 358 g/mol. The van der Waals surface area contributed by atoms with Gasteiger partial charge in [-0.3, -0.25) is 9.59 Å². The Morgan fingerprint density at radius 1 is 1.11 bits per heavy atom. The molecule has 0 aliphatic heterocycles. The Bertz CT molecular complexity index is 1160. The van der Waals surface area contributed by atoms with Gasteiger partial charge in [-0.2, -0.15) is 0 Å². The molecule has 0 bridgehead atoms. The Labute approximate surface area is 155 Å². The highest BCUT2D eigenvalue weighted by Gasteiger charge is 2.22. The molecule has 0 saturated heterocycles. The molecule has 2 aromatic carbocycles. The van der Waals surface area contributed by atoms with Crippen LogP contribution in [0.25, 0.3) is 10.9 Å². The summed E-state index contributed by atoms with van der Waals surface area (Å²) in [7, 11) is 1.88. The molecule has 2 N–H and O–H groups in total. The van der Waals surface area contributed by atoms with Gasteiger partial charge in [0.15, 0.2) is 0 Å². The molecular weight excluding hydrogens is 340 g/mol. The Hall–Kier alpha value is -3.67. The molecule has 27 heavy (non-hydrogen) atoms. The molecule has 1 atom stereocenters. The van der Waals surface area contributed by atoms with Crippen molar-refractivity contribution in [3.8, 4) is 0 Å². The molecular formula is C21H18N4O2. The second kappa shape index (κ2) is 6.92. The number of fused-ring (bicyclic) bond motifs is 1. The lowest BCUT2D eigenvalue weighted by Crippen LogP contribution is -2.32. The van der Waals surface area contributed by atoms with Gasteiger partial charge in [0.2, 0.25) is 5.56 Å². The predicted molar refractivity (Wildman–Crippen MR) is 104 cm³/mol. The van der Waals surface area contributed by atoms with Crippen LogP contribution in [0.2, 0.25) is 0 Å². The summed E-state index contributed by atoms with van der Waals surface area (Å²) in [6.07, 6.45) is 3.53. The number of amides is 1. The molecule has 0 fully saturated rings. The van der Waals surface area contributed by atoms with E-state index in [1.165, 1.54) is 6.07 Å². The van der Waals surface area contributed by atoms with Gasteiger partial charge in [-0.05, 0) is 11.6 Å². The second-order valence-corrected chi connectivity index (χ2v) is 6.31. The molecule has 1 amide bonds. The predicted octanol–water partition coefficient (Wildman–Crippen LogP) is 2.78. The number of para-hydroxylation sites is 1. The maximum absolute atomic E-state index is 13.1. The number of hydrogen-bond acceptors (Lipinski definition) is 3. The topological polar surface area (TPSA) is 79.8 Å². The first-order valence-electron chi connectivity index (χ1n) is 8.58. The summed E-state index contributed by atoms with van der Waals surface area (Å²) in [6.45, 7) is 0. The van der Waals surface area contributed by atoms with E-state index in [2.05, 4.69) is 15.3 Å². The number of H-pyrrole nitrogens is 1. The molecule has 0 aliphatic carbocycles. The summed E-state index contributed by atoms with van der Waals surface area (Å²) in [5.74, 6) is 0.387. The highest BCUT2D eigenvalue weighted by atomic mass is 16.2. The molecule has 2 heterocycles. The third-order valence-corrected chi connectivity index (χ3v) is 4.52. The van der Waals surface area contributed by atoms with Crippen LogP contribution in [0.15, 0.2) is 77.9 Å². The number of aromatic nitrogens is 3.